The zero-order chi connectivity index (χ0) is 12.4. The van der Waals surface area contributed by atoms with Crippen molar-refractivity contribution in [2.45, 2.75) is 5.37 Å². The largest absolute Gasteiger partial charge is 0.227 e. The molecule has 1 fully saturated rings. The van der Waals surface area contributed by atoms with E-state index in [1.54, 1.807) is 0 Å². The van der Waals surface area contributed by atoms with Crippen molar-refractivity contribution < 1.29 is 16.8 Å². The molecule has 1 aliphatic heterocycles. The average molecular weight is 308 g/mol. The third-order valence-electron chi connectivity index (χ3n) is 2.22. The Bertz CT molecular complexity index is 433. The summed E-state index contributed by atoms with van der Waals surface area (Å²) >= 11 is 6.86. The molecule has 96 valence electrons. The second-order valence-corrected chi connectivity index (χ2v) is 9.25. The van der Waals surface area contributed by atoms with Crippen LogP contribution in [0.15, 0.2) is 0 Å². The first-order valence-corrected chi connectivity index (χ1v) is 9.86. The topological polar surface area (TPSA) is 71.5 Å². The van der Waals surface area contributed by atoms with Crippen LogP contribution in [-0.2, 0) is 19.9 Å². The Labute approximate surface area is 105 Å². The minimum Gasteiger partial charge on any atom is -0.227 e. The minimum atomic E-state index is -3.56. The first-order valence-electron chi connectivity index (χ1n) is 4.61. The lowest BCUT2D eigenvalue weighted by molar-refractivity contribution is 0.406. The van der Waals surface area contributed by atoms with Gasteiger partial charge in [-0.3, -0.25) is 0 Å². The van der Waals surface area contributed by atoms with E-state index in [-0.39, 0.29) is 18.2 Å². The smallest absolute Gasteiger partial charge is 0.216 e. The molecule has 0 amide bonds. The van der Waals surface area contributed by atoms with Gasteiger partial charge in [0.2, 0.25) is 10.0 Å². The fourth-order valence-electron chi connectivity index (χ4n) is 1.44. The molecule has 0 aliphatic carbocycles. The van der Waals surface area contributed by atoms with Crippen molar-refractivity contribution in [1.29, 1.82) is 0 Å². The Morgan fingerprint density at radius 1 is 1.38 bits per heavy atom. The number of alkyl halides is 1. The van der Waals surface area contributed by atoms with Crippen LogP contribution in [0, 0.1) is 0 Å². The summed E-state index contributed by atoms with van der Waals surface area (Å²) in [6.45, 7) is 0.238. The normalized spacial score (nSPS) is 24.5. The maximum absolute atomic E-state index is 11.8. The molecular formula is C7H14ClNO4S3. The molecule has 1 heterocycles. The van der Waals surface area contributed by atoms with Crippen molar-refractivity contribution in [2.24, 2.45) is 0 Å². The van der Waals surface area contributed by atoms with Crippen molar-refractivity contribution in [2.75, 3.05) is 35.9 Å². The van der Waals surface area contributed by atoms with Gasteiger partial charge in [-0.15, -0.1) is 11.6 Å². The number of sulfone groups is 1. The molecule has 1 rings (SSSR count). The van der Waals surface area contributed by atoms with E-state index in [1.165, 1.54) is 11.8 Å². The molecule has 1 saturated heterocycles. The number of hydrogen-bond acceptors (Lipinski definition) is 5. The molecular weight excluding hydrogens is 294 g/mol. The first kappa shape index (κ1) is 14.6. The summed E-state index contributed by atoms with van der Waals surface area (Å²) in [5.74, 6) is 0.668. The average Bonchev–Trinajstić information content (AvgIpc) is 2.16. The molecule has 0 aromatic rings. The lowest BCUT2D eigenvalue weighted by Crippen LogP contribution is -2.50. The Morgan fingerprint density at radius 2 is 2.00 bits per heavy atom. The molecule has 5 nitrogen and oxygen atoms in total. The Kier molecular flexibility index (Phi) is 4.94. The molecule has 0 spiro atoms. The SMILES string of the molecule is CS(=O)(=O)C1CSCCN1S(=O)(=O)CCCl. The molecule has 0 radical (unpaired) electrons. The summed E-state index contributed by atoms with van der Waals surface area (Å²) in [6.07, 6.45) is 1.06. The number of hydrogen-bond donors (Lipinski definition) is 0. The number of rotatable bonds is 4. The fraction of sp³-hybridized carbons (Fsp3) is 1.00. The Hall–Kier alpha value is 0.500. The number of nitrogens with zero attached hydrogens (tertiary/aromatic N) is 1. The van der Waals surface area contributed by atoms with Crippen LogP contribution in [0.2, 0.25) is 0 Å². The third kappa shape index (κ3) is 3.49. The quantitative estimate of drug-likeness (QED) is 0.682. The second kappa shape index (κ2) is 5.43. The van der Waals surface area contributed by atoms with E-state index in [1.807, 2.05) is 0 Å². The van der Waals surface area contributed by atoms with E-state index in [0.717, 1.165) is 10.6 Å². The first-order chi connectivity index (χ1) is 7.29. The van der Waals surface area contributed by atoms with E-state index in [4.69, 9.17) is 11.6 Å². The van der Waals surface area contributed by atoms with Gasteiger partial charge in [-0.05, 0) is 0 Å². The number of sulfonamides is 1. The molecule has 0 saturated carbocycles. The van der Waals surface area contributed by atoms with Crippen LogP contribution in [0.4, 0.5) is 0 Å². The van der Waals surface area contributed by atoms with Gasteiger partial charge in [0.15, 0.2) is 9.84 Å². The summed E-state index contributed by atoms with van der Waals surface area (Å²) < 4.78 is 47.7. The van der Waals surface area contributed by atoms with Crippen LogP contribution in [-0.4, -0.2) is 62.5 Å². The van der Waals surface area contributed by atoms with E-state index in [0.29, 0.717) is 11.5 Å². The lowest BCUT2D eigenvalue weighted by Gasteiger charge is -2.32. The van der Waals surface area contributed by atoms with Crippen LogP contribution in [0.25, 0.3) is 0 Å². The summed E-state index contributed by atoms with van der Waals surface area (Å²) in [7, 11) is -6.95. The van der Waals surface area contributed by atoms with Gasteiger partial charge >= 0.3 is 0 Å². The number of halogens is 1. The van der Waals surface area contributed by atoms with Crippen molar-refractivity contribution in [3.63, 3.8) is 0 Å². The molecule has 9 heteroatoms. The molecule has 0 aromatic carbocycles. The molecule has 0 aromatic heterocycles. The van der Waals surface area contributed by atoms with Gasteiger partial charge in [-0.2, -0.15) is 16.1 Å². The molecule has 1 aliphatic rings. The molecule has 1 unspecified atom stereocenters. The molecule has 1 atom stereocenters. The van der Waals surface area contributed by atoms with Gasteiger partial charge in [-0.1, -0.05) is 0 Å². The van der Waals surface area contributed by atoms with E-state index >= 15 is 0 Å². The van der Waals surface area contributed by atoms with Gasteiger partial charge in [0, 0.05) is 30.2 Å². The minimum absolute atomic E-state index is 0.0253. The highest BCUT2D eigenvalue weighted by Gasteiger charge is 2.37. The van der Waals surface area contributed by atoms with Gasteiger partial charge in [0.05, 0.1) is 5.75 Å². The highest BCUT2D eigenvalue weighted by atomic mass is 35.5. The predicted octanol–water partition coefficient (Wildman–Crippen LogP) is -0.0255. The summed E-state index contributed by atoms with van der Waals surface area (Å²) in [5.41, 5.74) is 0. The third-order valence-corrected chi connectivity index (χ3v) is 7.29. The van der Waals surface area contributed by atoms with E-state index in [9.17, 15) is 16.8 Å². The van der Waals surface area contributed by atoms with Gasteiger partial charge in [0.1, 0.15) is 5.37 Å². The highest BCUT2D eigenvalue weighted by Crippen LogP contribution is 2.23. The zero-order valence-electron chi connectivity index (χ0n) is 8.80. The maximum Gasteiger partial charge on any atom is 0.216 e. The lowest BCUT2D eigenvalue weighted by atomic mass is 10.6. The van der Waals surface area contributed by atoms with Crippen molar-refractivity contribution in [1.82, 2.24) is 4.31 Å². The summed E-state index contributed by atoms with van der Waals surface area (Å²) in [5, 5.41) is -0.945. The highest BCUT2D eigenvalue weighted by molar-refractivity contribution is 8.01. The summed E-state index contributed by atoms with van der Waals surface area (Å²) in [4.78, 5) is 0. The van der Waals surface area contributed by atoms with Crippen molar-refractivity contribution in [3.05, 3.63) is 0 Å². The van der Waals surface area contributed by atoms with Gasteiger partial charge in [0.25, 0.3) is 0 Å². The maximum atomic E-state index is 11.8. The van der Waals surface area contributed by atoms with Crippen LogP contribution in [0.5, 0.6) is 0 Å². The van der Waals surface area contributed by atoms with Crippen LogP contribution < -0.4 is 0 Å². The monoisotopic (exact) mass is 307 g/mol. The van der Waals surface area contributed by atoms with Crippen molar-refractivity contribution >= 4 is 43.2 Å². The molecule has 0 N–H and O–H groups in total. The van der Waals surface area contributed by atoms with Crippen LogP contribution in [0.1, 0.15) is 0 Å². The van der Waals surface area contributed by atoms with E-state index in [2.05, 4.69) is 0 Å². The second-order valence-electron chi connectivity index (χ2n) is 3.47. The van der Waals surface area contributed by atoms with E-state index < -0.39 is 25.2 Å². The fourth-order valence-corrected chi connectivity index (χ4v) is 7.01. The van der Waals surface area contributed by atoms with Gasteiger partial charge < -0.3 is 0 Å². The molecule has 16 heavy (non-hydrogen) atoms. The molecule has 0 bridgehead atoms. The van der Waals surface area contributed by atoms with Crippen LogP contribution in [0.3, 0.4) is 0 Å². The van der Waals surface area contributed by atoms with Gasteiger partial charge in [-0.25, -0.2) is 16.8 Å². The Balaban J connectivity index is 3.00. The predicted molar refractivity (Wildman–Crippen MR) is 67.2 cm³/mol. The Morgan fingerprint density at radius 3 is 2.50 bits per heavy atom. The standard InChI is InChI=1S/C7H14ClNO4S3/c1-15(10,11)7-6-14-4-3-9(7)16(12,13)5-2-8/h7H,2-6H2,1H3. The summed E-state index contributed by atoms with van der Waals surface area (Å²) in [6, 6.07) is 0. The number of thioether (sulfide) groups is 1. The van der Waals surface area contributed by atoms with Crippen LogP contribution >= 0.6 is 23.4 Å². The van der Waals surface area contributed by atoms with Crippen molar-refractivity contribution in [3.8, 4) is 0 Å². The zero-order valence-corrected chi connectivity index (χ0v) is 12.0.